The van der Waals surface area contributed by atoms with Crippen LogP contribution in [0.5, 0.6) is 5.75 Å². The van der Waals surface area contributed by atoms with Crippen LogP contribution in [0.15, 0.2) is 41.0 Å². The largest absolute Gasteiger partial charge is 0.487 e. The van der Waals surface area contributed by atoms with Crippen molar-refractivity contribution in [2.75, 3.05) is 13.1 Å². The number of carbonyl (C=O) groups is 1. The standard InChI is InChI=1S/C27H32N2O4.ClH/c30-23(9-8-19-4-2-14-32-19)28-20-10-11-27(31)22-15-18-3-1-5-21-24(18)26(27,25(20)33-21)12-13-29(22)16-17-6-7-17;/h1-5,14,17,20,22,25,31H,6-13,15-16H2,(H,28,30);1H/t20-,22-,25+,26+,27-;/m1./s1. The van der Waals surface area contributed by atoms with Crippen LogP contribution in [-0.4, -0.2) is 52.8 Å². The summed E-state index contributed by atoms with van der Waals surface area (Å²) in [6, 6.07) is 10.2. The zero-order valence-electron chi connectivity index (χ0n) is 19.4. The molecule has 1 amide bonds. The number of benzene rings is 1. The summed E-state index contributed by atoms with van der Waals surface area (Å²) in [5, 5.41) is 15.7. The number of hydrogen-bond donors (Lipinski definition) is 2. The number of rotatable bonds is 6. The van der Waals surface area contributed by atoms with E-state index >= 15 is 0 Å². The maximum atomic E-state index is 12.9. The van der Waals surface area contributed by atoms with E-state index < -0.39 is 11.0 Å². The van der Waals surface area contributed by atoms with E-state index in [1.165, 1.54) is 24.0 Å². The summed E-state index contributed by atoms with van der Waals surface area (Å²) in [5.41, 5.74) is 1.32. The van der Waals surface area contributed by atoms with E-state index in [9.17, 15) is 9.90 Å². The molecule has 2 aromatic rings. The van der Waals surface area contributed by atoms with E-state index in [0.717, 1.165) is 49.8 Å². The lowest BCUT2D eigenvalue weighted by atomic mass is 9.48. The van der Waals surface area contributed by atoms with Gasteiger partial charge in [0.1, 0.15) is 17.6 Å². The van der Waals surface area contributed by atoms with E-state index in [1.807, 2.05) is 12.1 Å². The molecular weight excluding hydrogens is 452 g/mol. The molecule has 1 aromatic heterocycles. The van der Waals surface area contributed by atoms with Gasteiger partial charge in [-0.15, -0.1) is 12.4 Å². The smallest absolute Gasteiger partial charge is 0.220 e. The molecule has 3 heterocycles. The first-order chi connectivity index (χ1) is 16.1. The number of amides is 1. The van der Waals surface area contributed by atoms with E-state index in [4.69, 9.17) is 9.15 Å². The molecule has 1 spiro atoms. The molecule has 3 aliphatic carbocycles. The SMILES string of the molecule is Cl.O=C(CCc1ccco1)N[C@@H]1CC[C@@]2(O)[C@H]3Cc4cccc5c4[C@@]2(CCN3CC2CC2)[C@H]1O5. The molecule has 6 nitrogen and oxygen atoms in total. The van der Waals surface area contributed by atoms with Crippen LogP contribution in [0.1, 0.15) is 55.4 Å². The molecule has 2 N–H and O–H groups in total. The molecule has 5 aliphatic rings. The maximum Gasteiger partial charge on any atom is 0.220 e. The van der Waals surface area contributed by atoms with Crippen LogP contribution in [0.4, 0.5) is 0 Å². The zero-order valence-corrected chi connectivity index (χ0v) is 20.2. The third kappa shape index (κ3) is 3.11. The van der Waals surface area contributed by atoms with Gasteiger partial charge in [0.25, 0.3) is 0 Å². The predicted molar refractivity (Wildman–Crippen MR) is 129 cm³/mol. The molecule has 1 saturated heterocycles. The van der Waals surface area contributed by atoms with Crippen LogP contribution in [0.2, 0.25) is 0 Å². The highest BCUT2D eigenvalue weighted by molar-refractivity contribution is 5.85. The molecule has 0 radical (unpaired) electrons. The normalized spacial score (nSPS) is 35.1. The van der Waals surface area contributed by atoms with Gasteiger partial charge in [0.15, 0.2) is 0 Å². The Hall–Kier alpha value is -2.02. The van der Waals surface area contributed by atoms with Crippen LogP contribution in [0, 0.1) is 5.92 Å². The molecule has 7 heteroatoms. The zero-order chi connectivity index (χ0) is 22.2. The van der Waals surface area contributed by atoms with E-state index in [1.54, 1.807) is 6.26 Å². The summed E-state index contributed by atoms with van der Waals surface area (Å²) < 4.78 is 12.0. The van der Waals surface area contributed by atoms with Gasteiger partial charge in [-0.25, -0.2) is 0 Å². The second-order valence-corrected chi connectivity index (χ2v) is 10.9. The van der Waals surface area contributed by atoms with Crippen molar-refractivity contribution < 1.29 is 19.1 Å². The average molecular weight is 485 g/mol. The highest BCUT2D eigenvalue weighted by Gasteiger charge is 2.72. The molecule has 3 fully saturated rings. The number of furan rings is 1. The van der Waals surface area contributed by atoms with Crippen molar-refractivity contribution in [3.05, 3.63) is 53.5 Å². The third-order valence-corrected chi connectivity index (χ3v) is 9.19. The molecule has 1 aromatic carbocycles. The fraction of sp³-hybridized carbons (Fsp3) is 0.593. The number of nitrogens with one attached hydrogen (secondary N) is 1. The Morgan fingerprint density at radius 2 is 2.06 bits per heavy atom. The third-order valence-electron chi connectivity index (χ3n) is 9.19. The van der Waals surface area contributed by atoms with Crippen LogP contribution >= 0.6 is 12.4 Å². The van der Waals surface area contributed by atoms with E-state index in [-0.39, 0.29) is 36.5 Å². The van der Waals surface area contributed by atoms with Crippen LogP contribution in [0.3, 0.4) is 0 Å². The number of aliphatic hydroxyl groups is 1. The Bertz CT molecular complexity index is 1090. The number of aryl methyl sites for hydroxylation is 1. The highest BCUT2D eigenvalue weighted by atomic mass is 35.5. The summed E-state index contributed by atoms with van der Waals surface area (Å²) in [5.74, 6) is 2.57. The second kappa shape index (κ2) is 8.00. The van der Waals surface area contributed by atoms with Crippen molar-refractivity contribution in [1.82, 2.24) is 10.2 Å². The van der Waals surface area contributed by atoms with Gasteiger partial charge in [0.05, 0.1) is 23.3 Å². The lowest BCUT2D eigenvalue weighted by Crippen LogP contribution is -2.78. The number of halogens is 1. The van der Waals surface area contributed by atoms with Crippen molar-refractivity contribution in [3.8, 4) is 5.75 Å². The minimum atomic E-state index is -0.806. The van der Waals surface area contributed by atoms with Gasteiger partial charge < -0.3 is 19.6 Å². The van der Waals surface area contributed by atoms with E-state index in [0.29, 0.717) is 19.3 Å². The molecule has 2 aliphatic heterocycles. The lowest BCUT2D eigenvalue weighted by Gasteiger charge is -2.64. The summed E-state index contributed by atoms with van der Waals surface area (Å²) in [7, 11) is 0. The second-order valence-electron chi connectivity index (χ2n) is 10.9. The minimum Gasteiger partial charge on any atom is -0.487 e. The molecule has 34 heavy (non-hydrogen) atoms. The number of carbonyl (C=O) groups excluding carboxylic acids is 1. The Kier molecular flexibility index (Phi) is 5.28. The summed E-state index contributed by atoms with van der Waals surface area (Å²) in [6.45, 7) is 2.10. The average Bonchev–Trinajstić information content (AvgIpc) is 3.33. The molecule has 5 atom stereocenters. The Morgan fingerprint density at radius 3 is 2.85 bits per heavy atom. The van der Waals surface area contributed by atoms with Crippen molar-refractivity contribution in [1.29, 1.82) is 0 Å². The van der Waals surface area contributed by atoms with Gasteiger partial charge in [-0.1, -0.05) is 12.1 Å². The first-order valence-electron chi connectivity index (χ1n) is 12.7. The van der Waals surface area contributed by atoms with Crippen molar-refractivity contribution in [2.24, 2.45) is 5.92 Å². The number of ether oxygens (including phenoxy) is 1. The number of nitrogens with zero attached hydrogens (tertiary/aromatic N) is 1. The molecule has 7 rings (SSSR count). The van der Waals surface area contributed by atoms with Gasteiger partial charge >= 0.3 is 0 Å². The Morgan fingerprint density at radius 1 is 1.18 bits per heavy atom. The van der Waals surface area contributed by atoms with Crippen LogP contribution in [-0.2, 0) is 23.1 Å². The molecule has 2 bridgehead atoms. The van der Waals surface area contributed by atoms with Crippen LogP contribution < -0.4 is 10.1 Å². The van der Waals surface area contributed by atoms with Crippen LogP contribution in [0.25, 0.3) is 0 Å². The quantitative estimate of drug-likeness (QED) is 0.657. The first kappa shape index (κ1) is 22.4. The lowest BCUT2D eigenvalue weighted by molar-refractivity contribution is -0.192. The highest BCUT2D eigenvalue weighted by Crippen LogP contribution is 2.64. The van der Waals surface area contributed by atoms with Crippen molar-refractivity contribution in [3.63, 3.8) is 0 Å². The van der Waals surface area contributed by atoms with Gasteiger partial charge in [-0.05, 0) is 74.8 Å². The minimum absolute atomic E-state index is 0. The summed E-state index contributed by atoms with van der Waals surface area (Å²) >= 11 is 0. The fourth-order valence-electron chi connectivity index (χ4n) is 7.57. The van der Waals surface area contributed by atoms with Gasteiger partial charge in [0, 0.05) is 31.0 Å². The molecule has 182 valence electrons. The van der Waals surface area contributed by atoms with Gasteiger partial charge in [-0.3, -0.25) is 9.69 Å². The number of likely N-dealkylation sites (tertiary alicyclic amines) is 1. The summed E-state index contributed by atoms with van der Waals surface area (Å²) in [6.07, 6.45) is 8.29. The summed E-state index contributed by atoms with van der Waals surface area (Å²) in [4.78, 5) is 15.5. The van der Waals surface area contributed by atoms with Gasteiger partial charge in [0.2, 0.25) is 5.91 Å². The molecule has 0 unspecified atom stereocenters. The fourth-order valence-corrected chi connectivity index (χ4v) is 7.57. The number of hydrogen-bond acceptors (Lipinski definition) is 5. The van der Waals surface area contributed by atoms with E-state index in [2.05, 4.69) is 28.4 Å². The Balaban J connectivity index is 0.00000217. The predicted octanol–water partition coefficient (Wildman–Crippen LogP) is 3.38. The molecule has 2 saturated carbocycles. The number of piperidine rings is 1. The first-order valence-corrected chi connectivity index (χ1v) is 12.7. The maximum absolute atomic E-state index is 12.9. The van der Waals surface area contributed by atoms with Crippen molar-refractivity contribution in [2.45, 2.75) is 80.6 Å². The molecular formula is C27H33ClN2O4. The van der Waals surface area contributed by atoms with Crippen molar-refractivity contribution >= 4 is 18.3 Å². The monoisotopic (exact) mass is 484 g/mol. The topological polar surface area (TPSA) is 74.9 Å². The Labute approximate surface area is 206 Å². The van der Waals surface area contributed by atoms with Gasteiger partial charge in [-0.2, -0.15) is 0 Å².